The molecular weight excluding hydrogens is 483 g/mol. The van der Waals surface area contributed by atoms with Crippen LogP contribution >= 0.6 is 11.6 Å². The van der Waals surface area contributed by atoms with Gasteiger partial charge < -0.3 is 25.9 Å². The minimum atomic E-state index is -0.713. The first kappa shape index (κ1) is 23.7. The van der Waals surface area contributed by atoms with Gasteiger partial charge in [-0.1, -0.05) is 29.8 Å². The predicted molar refractivity (Wildman–Crippen MR) is 138 cm³/mol. The summed E-state index contributed by atoms with van der Waals surface area (Å²) in [4.78, 5) is 31.4. The number of amides is 1. The number of rotatable bonds is 9. The molecule has 0 saturated carbocycles. The fourth-order valence-electron chi connectivity index (χ4n) is 3.96. The summed E-state index contributed by atoms with van der Waals surface area (Å²) in [6.07, 6.45) is 6.26. The second-order valence-electron chi connectivity index (χ2n) is 8.34. The molecule has 9 nitrogen and oxygen atoms in total. The maximum absolute atomic E-state index is 14.4. The third-order valence-corrected chi connectivity index (χ3v) is 6.03. The summed E-state index contributed by atoms with van der Waals surface area (Å²) in [6.45, 7) is 3.33. The highest BCUT2D eigenvalue weighted by atomic mass is 35.5. The number of anilines is 1. The van der Waals surface area contributed by atoms with E-state index in [-0.39, 0.29) is 17.5 Å². The Morgan fingerprint density at radius 3 is 2.86 bits per heavy atom. The third kappa shape index (κ3) is 5.00. The van der Waals surface area contributed by atoms with Gasteiger partial charge >= 0.3 is 0 Å². The Bertz CT molecular complexity index is 1530. The zero-order valence-corrected chi connectivity index (χ0v) is 20.2. The SMILES string of the molecule is C[C@H](Nc1nc(-c2c[nH]c3ncc(Cl)cc23)ncc1F)C(=O)NCCNCc1c[nH]c2ccccc12. The number of pyridine rings is 1. The van der Waals surface area contributed by atoms with E-state index < -0.39 is 11.9 Å². The van der Waals surface area contributed by atoms with Crippen LogP contribution in [0.25, 0.3) is 33.3 Å². The van der Waals surface area contributed by atoms with Gasteiger partial charge in [-0.25, -0.2) is 19.3 Å². The van der Waals surface area contributed by atoms with Crippen LogP contribution in [0, 0.1) is 5.82 Å². The van der Waals surface area contributed by atoms with Gasteiger partial charge in [-0.05, 0) is 24.6 Å². The van der Waals surface area contributed by atoms with Crippen LogP contribution in [-0.4, -0.2) is 50.0 Å². The molecular formula is C25H24ClFN8O. The van der Waals surface area contributed by atoms with Crippen LogP contribution in [0.1, 0.15) is 12.5 Å². The van der Waals surface area contributed by atoms with Gasteiger partial charge in [-0.3, -0.25) is 4.79 Å². The zero-order valence-electron chi connectivity index (χ0n) is 19.4. The molecule has 36 heavy (non-hydrogen) atoms. The number of carbonyl (C=O) groups excluding carboxylic acids is 1. The van der Waals surface area contributed by atoms with Gasteiger partial charge in [0.25, 0.3) is 0 Å². The number of hydrogen-bond donors (Lipinski definition) is 5. The van der Waals surface area contributed by atoms with Gasteiger partial charge in [0.05, 0.1) is 11.2 Å². The van der Waals surface area contributed by atoms with E-state index >= 15 is 0 Å². The number of aromatic nitrogens is 5. The minimum absolute atomic E-state index is 0.0653. The Morgan fingerprint density at radius 1 is 1.11 bits per heavy atom. The average Bonchev–Trinajstić information content (AvgIpc) is 3.49. The second-order valence-corrected chi connectivity index (χ2v) is 8.77. The fourth-order valence-corrected chi connectivity index (χ4v) is 4.12. The predicted octanol–water partition coefficient (Wildman–Crippen LogP) is 4.00. The quantitative estimate of drug-likeness (QED) is 0.192. The molecule has 5 aromatic rings. The van der Waals surface area contributed by atoms with E-state index in [0.29, 0.717) is 41.3 Å². The molecule has 0 bridgehead atoms. The maximum atomic E-state index is 14.4. The number of para-hydroxylation sites is 1. The lowest BCUT2D eigenvalue weighted by Gasteiger charge is -2.15. The first-order valence-corrected chi connectivity index (χ1v) is 11.8. The van der Waals surface area contributed by atoms with E-state index in [1.54, 1.807) is 19.2 Å². The number of nitrogens with zero attached hydrogens (tertiary/aromatic N) is 3. The Morgan fingerprint density at radius 2 is 1.97 bits per heavy atom. The lowest BCUT2D eigenvalue weighted by molar-refractivity contribution is -0.121. The van der Waals surface area contributed by atoms with Gasteiger partial charge in [-0.15, -0.1) is 0 Å². The van der Waals surface area contributed by atoms with Crippen molar-refractivity contribution in [3.63, 3.8) is 0 Å². The number of fused-ring (bicyclic) bond motifs is 2. The molecule has 0 radical (unpaired) electrons. The Labute approximate surface area is 210 Å². The molecule has 0 spiro atoms. The topological polar surface area (TPSA) is 123 Å². The highest BCUT2D eigenvalue weighted by Crippen LogP contribution is 2.28. The van der Waals surface area contributed by atoms with E-state index in [9.17, 15) is 9.18 Å². The van der Waals surface area contributed by atoms with E-state index in [1.807, 2.05) is 24.4 Å². The van der Waals surface area contributed by atoms with E-state index in [0.717, 1.165) is 17.3 Å². The fraction of sp³-hybridized carbons (Fsp3) is 0.200. The molecule has 0 aliphatic carbocycles. The summed E-state index contributed by atoms with van der Waals surface area (Å²) in [5.41, 5.74) is 3.49. The number of hydrogen-bond acceptors (Lipinski definition) is 6. The second kappa shape index (κ2) is 10.3. The Hall–Kier alpha value is -4.02. The van der Waals surface area contributed by atoms with Crippen molar-refractivity contribution in [2.75, 3.05) is 18.4 Å². The van der Waals surface area contributed by atoms with Crippen LogP contribution in [0.5, 0.6) is 0 Å². The van der Waals surface area contributed by atoms with Gasteiger partial charge in [0.1, 0.15) is 11.7 Å². The maximum Gasteiger partial charge on any atom is 0.242 e. The molecule has 5 rings (SSSR count). The summed E-state index contributed by atoms with van der Waals surface area (Å²) in [5, 5.41) is 11.4. The smallest absolute Gasteiger partial charge is 0.242 e. The van der Waals surface area contributed by atoms with Crippen LogP contribution in [0.4, 0.5) is 10.2 Å². The molecule has 184 valence electrons. The molecule has 11 heteroatoms. The third-order valence-electron chi connectivity index (χ3n) is 5.82. The highest BCUT2D eigenvalue weighted by Gasteiger charge is 2.18. The molecule has 0 aliphatic heterocycles. The number of halogens is 2. The van der Waals surface area contributed by atoms with Crippen molar-refractivity contribution in [2.45, 2.75) is 19.5 Å². The first-order valence-electron chi connectivity index (χ1n) is 11.4. The zero-order chi connectivity index (χ0) is 25.1. The van der Waals surface area contributed by atoms with Crippen LogP contribution in [0.15, 0.2) is 55.1 Å². The summed E-state index contributed by atoms with van der Waals surface area (Å²) in [7, 11) is 0. The summed E-state index contributed by atoms with van der Waals surface area (Å²) in [6, 6.07) is 9.12. The number of H-pyrrole nitrogens is 2. The molecule has 0 aliphatic rings. The molecule has 0 saturated heterocycles. The molecule has 4 heterocycles. The van der Waals surface area contributed by atoms with Crippen molar-refractivity contribution in [2.24, 2.45) is 0 Å². The Balaban J connectivity index is 1.16. The standard InChI is InChI=1S/C25H24ClFN8O/c1-14(25(36)29-7-6-28-9-15-10-30-21-5-3-2-4-17(15)21)34-24-20(27)13-33-23(35-24)19-12-32-22-18(19)8-16(26)11-31-22/h2-5,8,10-14,28,30H,6-7,9H2,1H3,(H,29,36)(H,31,32)(H,33,34,35)/t14-/m0/s1. The molecule has 0 fully saturated rings. The lowest BCUT2D eigenvalue weighted by atomic mass is 10.2. The van der Waals surface area contributed by atoms with Crippen molar-refractivity contribution >= 4 is 45.3 Å². The first-order chi connectivity index (χ1) is 17.5. The van der Waals surface area contributed by atoms with E-state index in [4.69, 9.17) is 11.6 Å². The molecule has 4 aromatic heterocycles. The van der Waals surface area contributed by atoms with Gasteiger partial charge in [0, 0.05) is 60.1 Å². The minimum Gasteiger partial charge on any atom is -0.361 e. The van der Waals surface area contributed by atoms with Crippen molar-refractivity contribution in [3.8, 4) is 11.4 Å². The monoisotopic (exact) mass is 506 g/mol. The number of benzene rings is 1. The molecule has 1 amide bonds. The number of carbonyl (C=O) groups is 1. The molecule has 1 aromatic carbocycles. The van der Waals surface area contributed by atoms with Crippen LogP contribution < -0.4 is 16.0 Å². The summed E-state index contributed by atoms with van der Waals surface area (Å²) < 4.78 is 14.4. The lowest BCUT2D eigenvalue weighted by Crippen LogP contribution is -2.40. The average molecular weight is 507 g/mol. The van der Waals surface area contributed by atoms with Gasteiger partial charge in [0.2, 0.25) is 5.91 Å². The Kier molecular flexibility index (Phi) is 6.79. The van der Waals surface area contributed by atoms with Crippen LogP contribution in [0.2, 0.25) is 5.02 Å². The van der Waals surface area contributed by atoms with Crippen LogP contribution in [-0.2, 0) is 11.3 Å². The highest BCUT2D eigenvalue weighted by molar-refractivity contribution is 6.31. The molecule has 0 unspecified atom stereocenters. The van der Waals surface area contributed by atoms with Crippen LogP contribution in [0.3, 0.4) is 0 Å². The van der Waals surface area contributed by atoms with Gasteiger partial charge in [-0.2, -0.15) is 0 Å². The molecule has 1 atom stereocenters. The number of nitrogens with one attached hydrogen (secondary N) is 5. The van der Waals surface area contributed by atoms with Crippen molar-refractivity contribution in [3.05, 3.63) is 71.5 Å². The molecule has 5 N–H and O–H groups in total. The summed E-state index contributed by atoms with van der Waals surface area (Å²) >= 11 is 6.07. The normalized spacial score (nSPS) is 12.2. The van der Waals surface area contributed by atoms with E-state index in [2.05, 4.69) is 46.9 Å². The summed E-state index contributed by atoms with van der Waals surface area (Å²) in [5.74, 6) is -0.714. The van der Waals surface area contributed by atoms with Crippen molar-refractivity contribution < 1.29 is 9.18 Å². The van der Waals surface area contributed by atoms with Gasteiger partial charge in [0.15, 0.2) is 17.5 Å². The largest absolute Gasteiger partial charge is 0.361 e. The van der Waals surface area contributed by atoms with Crippen molar-refractivity contribution in [1.82, 2.24) is 35.6 Å². The van der Waals surface area contributed by atoms with Crippen molar-refractivity contribution in [1.29, 1.82) is 0 Å². The van der Waals surface area contributed by atoms with E-state index in [1.165, 1.54) is 11.6 Å². The number of aromatic amines is 2.